The van der Waals surface area contributed by atoms with Gasteiger partial charge in [-0.2, -0.15) is 0 Å². The Balaban J connectivity index is 1.95. The predicted molar refractivity (Wildman–Crippen MR) is 107 cm³/mol. The minimum atomic E-state index is -2.82. The molecule has 3 aliphatic rings. The van der Waals surface area contributed by atoms with Crippen molar-refractivity contribution < 1.29 is 39.3 Å². The van der Waals surface area contributed by atoms with Crippen LogP contribution in [0.15, 0.2) is 18.2 Å². The molecule has 10 heteroatoms. The first-order valence-electron chi connectivity index (χ1n) is 10.2. The van der Waals surface area contributed by atoms with Gasteiger partial charge in [0.1, 0.15) is 5.75 Å². The number of aromatic hydroxyl groups is 1. The van der Waals surface area contributed by atoms with Gasteiger partial charge < -0.3 is 21.1 Å². The Morgan fingerprint density at radius 3 is 2.28 bits per heavy atom. The summed E-state index contributed by atoms with van der Waals surface area (Å²) in [7, 11) is 2.98. The Bertz CT molecular complexity index is 1090. The van der Waals surface area contributed by atoms with Gasteiger partial charge in [-0.1, -0.05) is 12.1 Å². The highest BCUT2D eigenvalue weighted by molar-refractivity contribution is 6.32. The van der Waals surface area contributed by atoms with Crippen molar-refractivity contribution in [1.29, 1.82) is 0 Å². The molecular weight excluding hydrogens is 420 g/mol. The number of likely N-dealkylation sites (N-methyl/N-ethyl adjacent to an activating group) is 1. The van der Waals surface area contributed by atoms with Crippen molar-refractivity contribution in [3.05, 3.63) is 29.3 Å². The SMILES string of the molecule is CN(C)[C@@H]1C(=O)C(C(N)=O)C(=O)[C@@]2(O)C(=O)C3C(=O)c4c(O)cccc4[C@@](C)(O)[C@@H]3C[C@@H]12. The topological polar surface area (TPSA) is 175 Å². The molecule has 0 aliphatic heterocycles. The van der Waals surface area contributed by atoms with Crippen LogP contribution in [0.1, 0.15) is 29.3 Å². The lowest BCUT2D eigenvalue weighted by Crippen LogP contribution is -2.75. The van der Waals surface area contributed by atoms with E-state index in [0.717, 1.165) is 0 Å². The molecule has 1 aromatic carbocycles. The second-order valence-electron chi connectivity index (χ2n) is 9.28. The fourth-order valence-electron chi connectivity index (χ4n) is 5.88. The summed E-state index contributed by atoms with van der Waals surface area (Å²) < 4.78 is 0. The second-order valence-corrected chi connectivity index (χ2v) is 9.28. The average Bonchev–Trinajstić information content (AvgIpc) is 2.68. The zero-order valence-electron chi connectivity index (χ0n) is 17.7. The molecule has 1 amide bonds. The summed E-state index contributed by atoms with van der Waals surface area (Å²) in [6.45, 7) is 1.39. The van der Waals surface area contributed by atoms with Crippen molar-refractivity contribution in [3.63, 3.8) is 0 Å². The Labute approximate surface area is 183 Å². The van der Waals surface area contributed by atoms with Gasteiger partial charge in [0.15, 0.2) is 34.7 Å². The molecule has 0 spiro atoms. The third-order valence-electron chi connectivity index (χ3n) is 7.38. The zero-order valence-corrected chi connectivity index (χ0v) is 17.7. The van der Waals surface area contributed by atoms with Gasteiger partial charge in [-0.3, -0.25) is 28.9 Å². The number of nitrogens with two attached hydrogens (primary N) is 1. The number of carbonyl (C=O) groups excluding carboxylic acids is 5. The number of hydrogen-bond acceptors (Lipinski definition) is 9. The van der Waals surface area contributed by atoms with Crippen LogP contribution in [-0.2, 0) is 24.8 Å². The smallest absolute Gasteiger partial charge is 0.235 e. The summed E-state index contributed by atoms with van der Waals surface area (Å²) in [5.41, 5.74) is 0.511. The maximum absolute atomic E-state index is 13.6. The normalized spacial score (nSPS) is 38.9. The van der Waals surface area contributed by atoms with E-state index in [1.165, 1.54) is 44.1 Å². The lowest BCUT2D eigenvalue weighted by molar-refractivity contribution is -0.188. The fourth-order valence-corrected chi connectivity index (χ4v) is 5.88. The predicted octanol–water partition coefficient (Wildman–Crippen LogP) is -1.47. The summed E-state index contributed by atoms with van der Waals surface area (Å²) in [6.07, 6.45) is -0.230. The molecule has 2 saturated carbocycles. The van der Waals surface area contributed by atoms with Crippen molar-refractivity contribution in [2.45, 2.75) is 30.6 Å². The van der Waals surface area contributed by atoms with Gasteiger partial charge in [-0.25, -0.2) is 0 Å². The average molecular weight is 444 g/mol. The van der Waals surface area contributed by atoms with Crippen molar-refractivity contribution in [1.82, 2.24) is 4.90 Å². The molecule has 32 heavy (non-hydrogen) atoms. The Kier molecular flexibility index (Phi) is 4.71. The molecule has 170 valence electrons. The van der Waals surface area contributed by atoms with Crippen LogP contribution in [0.2, 0.25) is 0 Å². The molecule has 0 radical (unpaired) electrons. The van der Waals surface area contributed by atoms with Crippen LogP contribution in [0.4, 0.5) is 0 Å². The number of ketones is 4. The van der Waals surface area contributed by atoms with Gasteiger partial charge in [0.2, 0.25) is 5.91 Å². The first-order valence-corrected chi connectivity index (χ1v) is 10.2. The van der Waals surface area contributed by atoms with Crippen LogP contribution >= 0.6 is 0 Å². The number of benzene rings is 1. The molecule has 7 atom stereocenters. The van der Waals surface area contributed by atoms with E-state index in [9.17, 15) is 39.3 Å². The minimum absolute atomic E-state index is 0.117. The summed E-state index contributed by atoms with van der Waals surface area (Å²) >= 11 is 0. The number of aliphatic hydroxyl groups is 2. The molecule has 2 fully saturated rings. The van der Waals surface area contributed by atoms with Crippen LogP contribution in [0.3, 0.4) is 0 Å². The Morgan fingerprint density at radius 2 is 1.72 bits per heavy atom. The highest BCUT2D eigenvalue weighted by Crippen LogP contribution is 2.55. The number of rotatable bonds is 2. The number of primary amides is 1. The fraction of sp³-hybridized carbons (Fsp3) is 0.500. The lowest BCUT2D eigenvalue weighted by Gasteiger charge is -2.55. The lowest BCUT2D eigenvalue weighted by atomic mass is 9.49. The van der Waals surface area contributed by atoms with E-state index in [0.29, 0.717) is 0 Å². The van der Waals surface area contributed by atoms with Crippen LogP contribution in [0.25, 0.3) is 0 Å². The van der Waals surface area contributed by atoms with Gasteiger partial charge in [0.05, 0.1) is 23.1 Å². The highest BCUT2D eigenvalue weighted by atomic mass is 16.3. The number of carbonyl (C=O) groups is 5. The molecule has 3 aliphatic carbocycles. The summed E-state index contributed by atoms with van der Waals surface area (Å²) in [5.74, 6) is -12.0. The molecule has 0 saturated heterocycles. The van der Waals surface area contributed by atoms with Crippen LogP contribution in [0.5, 0.6) is 5.75 Å². The van der Waals surface area contributed by atoms with E-state index in [1.807, 2.05) is 0 Å². The third kappa shape index (κ3) is 2.54. The van der Waals surface area contributed by atoms with Crippen LogP contribution in [-0.4, -0.2) is 75.0 Å². The first kappa shape index (κ1) is 22.3. The van der Waals surface area contributed by atoms with Crippen molar-refractivity contribution in [3.8, 4) is 5.75 Å². The Hall–Kier alpha value is -2.95. The number of phenolic OH excluding ortho intramolecular Hbond substituents is 1. The van der Waals surface area contributed by atoms with E-state index in [-0.39, 0.29) is 17.5 Å². The molecule has 4 rings (SSSR count). The molecule has 1 aromatic rings. The monoisotopic (exact) mass is 444 g/mol. The zero-order chi connectivity index (χ0) is 23.9. The molecule has 2 unspecified atom stereocenters. The maximum atomic E-state index is 13.6. The first-order chi connectivity index (χ1) is 14.8. The van der Waals surface area contributed by atoms with E-state index >= 15 is 0 Å². The van der Waals surface area contributed by atoms with Gasteiger partial charge in [-0.05, 0) is 39.1 Å². The number of fused-ring (bicyclic) bond motifs is 3. The van der Waals surface area contributed by atoms with E-state index < -0.39 is 75.7 Å². The number of Topliss-reactive ketones (excluding diaryl/α,β-unsaturated/α-hetero) is 4. The standard InChI is InChI=1S/C22H24N2O8/c1-21(31)8-5-4-6-11(25)12(8)16(26)13-9(21)7-10-15(24(2)3)17(27)14(20(23)30)19(29)22(10,32)18(13)28/h4-6,9-10,13-15,25,31-32H,7H2,1-3H3,(H2,23,30)/t9-,10+,13?,14?,15+,21-,22+/m1/s1. The third-order valence-corrected chi connectivity index (χ3v) is 7.38. The summed E-state index contributed by atoms with van der Waals surface area (Å²) in [5, 5.41) is 33.1. The van der Waals surface area contributed by atoms with Crippen LogP contribution in [0, 0.1) is 23.7 Å². The molecule has 0 aromatic heterocycles. The van der Waals surface area contributed by atoms with E-state index in [2.05, 4.69) is 0 Å². The molecule has 0 heterocycles. The largest absolute Gasteiger partial charge is 0.507 e. The van der Waals surface area contributed by atoms with Crippen molar-refractivity contribution in [2.75, 3.05) is 14.1 Å². The second kappa shape index (κ2) is 6.77. The Morgan fingerprint density at radius 1 is 1.09 bits per heavy atom. The summed E-state index contributed by atoms with van der Waals surface area (Å²) in [6, 6.07) is 2.91. The number of amides is 1. The number of phenols is 1. The quantitative estimate of drug-likeness (QED) is 0.397. The molecule has 0 bridgehead atoms. The maximum Gasteiger partial charge on any atom is 0.235 e. The van der Waals surface area contributed by atoms with Crippen molar-refractivity contribution in [2.24, 2.45) is 29.4 Å². The molecule has 10 nitrogen and oxygen atoms in total. The highest BCUT2D eigenvalue weighted by Gasteiger charge is 2.71. The summed E-state index contributed by atoms with van der Waals surface area (Å²) in [4.78, 5) is 66.4. The van der Waals surface area contributed by atoms with Gasteiger partial charge in [-0.15, -0.1) is 0 Å². The van der Waals surface area contributed by atoms with E-state index in [4.69, 9.17) is 5.73 Å². The number of hydrogen-bond donors (Lipinski definition) is 4. The van der Waals surface area contributed by atoms with E-state index in [1.54, 1.807) is 0 Å². The van der Waals surface area contributed by atoms with Gasteiger partial charge in [0, 0.05) is 11.8 Å². The van der Waals surface area contributed by atoms with Crippen molar-refractivity contribution >= 4 is 29.0 Å². The van der Waals surface area contributed by atoms with Gasteiger partial charge >= 0.3 is 0 Å². The van der Waals surface area contributed by atoms with Gasteiger partial charge in [0.25, 0.3) is 0 Å². The van der Waals surface area contributed by atoms with Crippen LogP contribution < -0.4 is 5.73 Å². The minimum Gasteiger partial charge on any atom is -0.507 e. The number of nitrogens with zero attached hydrogens (tertiary/aromatic N) is 1. The molecular formula is C22H24N2O8. The molecule has 5 N–H and O–H groups in total.